The predicted octanol–water partition coefficient (Wildman–Crippen LogP) is 0.723. The number of ketones is 1. The van der Waals surface area contributed by atoms with Gasteiger partial charge in [0.15, 0.2) is 12.0 Å². The van der Waals surface area contributed by atoms with Gasteiger partial charge < -0.3 is 4.74 Å². The number of fused-ring (bicyclic) bond motifs is 1. The molecule has 0 spiro atoms. The van der Waals surface area contributed by atoms with E-state index in [0.717, 1.165) is 0 Å². The van der Waals surface area contributed by atoms with Crippen LogP contribution in [-0.4, -0.2) is 24.5 Å². The molecule has 2 aliphatic carbocycles. The Morgan fingerprint density at radius 3 is 2.85 bits per heavy atom. The van der Waals surface area contributed by atoms with Gasteiger partial charge in [-0.2, -0.15) is 0 Å². The number of ether oxygens (including phenoxy) is 1. The minimum Gasteiger partial charge on any atom is -0.466 e. The lowest BCUT2D eigenvalue weighted by Crippen LogP contribution is -2.19. The molecular formula is C9H11FO3. The fourth-order valence-electron chi connectivity index (χ4n) is 2.18. The molecule has 2 rings (SSSR count). The number of esters is 1. The molecule has 4 heteroatoms. The van der Waals surface area contributed by atoms with Crippen LogP contribution in [0.2, 0.25) is 0 Å². The molecule has 2 fully saturated rings. The van der Waals surface area contributed by atoms with Crippen LogP contribution >= 0.6 is 0 Å². The SMILES string of the molecule is CCOC(=O)C1C2CC(F)C(=O)C21. The van der Waals surface area contributed by atoms with E-state index in [2.05, 4.69) is 0 Å². The molecule has 0 N–H and O–H groups in total. The lowest BCUT2D eigenvalue weighted by molar-refractivity contribution is -0.146. The van der Waals surface area contributed by atoms with Crippen LogP contribution < -0.4 is 0 Å². The van der Waals surface area contributed by atoms with Crippen molar-refractivity contribution in [2.24, 2.45) is 17.8 Å². The van der Waals surface area contributed by atoms with Crippen LogP contribution in [0, 0.1) is 17.8 Å². The predicted molar refractivity (Wildman–Crippen MR) is 41.6 cm³/mol. The number of hydrogen-bond donors (Lipinski definition) is 0. The fourth-order valence-corrected chi connectivity index (χ4v) is 2.18. The zero-order valence-electron chi connectivity index (χ0n) is 7.33. The smallest absolute Gasteiger partial charge is 0.309 e. The van der Waals surface area contributed by atoms with Crippen molar-refractivity contribution in [1.82, 2.24) is 0 Å². The standard InChI is InChI=1S/C9H11FO3/c1-2-13-9(12)7-4-3-5(10)8(11)6(4)7/h4-7H,2-3H2,1H3. The van der Waals surface area contributed by atoms with Gasteiger partial charge in [0.1, 0.15) is 0 Å². The average molecular weight is 186 g/mol. The van der Waals surface area contributed by atoms with E-state index in [-0.39, 0.29) is 30.1 Å². The topological polar surface area (TPSA) is 43.4 Å². The molecule has 72 valence electrons. The first-order chi connectivity index (χ1) is 6.16. The van der Waals surface area contributed by atoms with Crippen molar-refractivity contribution in [2.75, 3.05) is 6.61 Å². The fraction of sp³-hybridized carbons (Fsp3) is 0.778. The molecule has 3 nitrogen and oxygen atoms in total. The third-order valence-electron chi connectivity index (χ3n) is 2.84. The van der Waals surface area contributed by atoms with Crippen molar-refractivity contribution >= 4 is 11.8 Å². The van der Waals surface area contributed by atoms with Gasteiger partial charge in [-0.25, -0.2) is 4.39 Å². The van der Waals surface area contributed by atoms with Crippen molar-refractivity contribution < 1.29 is 18.7 Å². The number of alkyl halides is 1. The quantitative estimate of drug-likeness (QED) is 0.597. The zero-order valence-corrected chi connectivity index (χ0v) is 7.33. The molecule has 2 saturated carbocycles. The van der Waals surface area contributed by atoms with Crippen LogP contribution in [0.1, 0.15) is 13.3 Å². The summed E-state index contributed by atoms with van der Waals surface area (Å²) in [4.78, 5) is 22.3. The molecule has 0 saturated heterocycles. The third kappa shape index (κ3) is 1.16. The Kier molecular flexibility index (Phi) is 1.86. The summed E-state index contributed by atoms with van der Waals surface area (Å²) in [6.45, 7) is 2.04. The van der Waals surface area contributed by atoms with Gasteiger partial charge in [-0.05, 0) is 19.3 Å². The molecular weight excluding hydrogens is 175 g/mol. The minimum absolute atomic E-state index is 0.0680. The van der Waals surface area contributed by atoms with Crippen LogP contribution in [0.5, 0.6) is 0 Å². The minimum atomic E-state index is -1.33. The highest BCUT2D eigenvalue weighted by Crippen LogP contribution is 2.56. The Hall–Kier alpha value is -0.930. The molecule has 0 bridgehead atoms. The molecule has 2 aliphatic rings. The van der Waals surface area contributed by atoms with Crippen LogP contribution in [0.15, 0.2) is 0 Å². The van der Waals surface area contributed by atoms with E-state index in [9.17, 15) is 14.0 Å². The summed E-state index contributed by atoms with van der Waals surface area (Å²) in [5.74, 6) is -1.50. The molecule has 4 atom stereocenters. The maximum atomic E-state index is 12.7. The van der Waals surface area contributed by atoms with Gasteiger partial charge in [0.2, 0.25) is 0 Å². The van der Waals surface area contributed by atoms with Gasteiger partial charge in [0.05, 0.1) is 12.5 Å². The Labute approximate surface area is 75.2 Å². The van der Waals surface area contributed by atoms with Crippen molar-refractivity contribution in [3.63, 3.8) is 0 Å². The molecule has 0 aromatic rings. The second-order valence-corrected chi connectivity index (χ2v) is 3.57. The summed E-state index contributed by atoms with van der Waals surface area (Å²) in [5.41, 5.74) is 0. The highest BCUT2D eigenvalue weighted by atomic mass is 19.1. The van der Waals surface area contributed by atoms with Gasteiger partial charge in [-0.1, -0.05) is 0 Å². The van der Waals surface area contributed by atoms with Crippen molar-refractivity contribution in [1.29, 1.82) is 0 Å². The molecule has 0 amide bonds. The zero-order chi connectivity index (χ0) is 9.59. The first-order valence-electron chi connectivity index (χ1n) is 4.51. The van der Waals surface area contributed by atoms with E-state index in [4.69, 9.17) is 4.74 Å². The number of hydrogen-bond acceptors (Lipinski definition) is 3. The third-order valence-corrected chi connectivity index (χ3v) is 2.84. The normalized spacial score (nSPS) is 41.5. The summed E-state index contributed by atoms with van der Waals surface area (Å²) < 4.78 is 17.5. The molecule has 0 aromatic heterocycles. The summed E-state index contributed by atoms with van der Waals surface area (Å²) >= 11 is 0. The van der Waals surface area contributed by atoms with Crippen LogP contribution in [0.25, 0.3) is 0 Å². The number of carbonyl (C=O) groups excluding carboxylic acids is 2. The number of Topliss-reactive ketones (excluding diaryl/α,β-unsaturated/α-hetero) is 1. The van der Waals surface area contributed by atoms with E-state index in [0.29, 0.717) is 6.61 Å². The summed E-state index contributed by atoms with van der Waals surface area (Å²) in [6, 6.07) is 0. The lowest BCUT2D eigenvalue weighted by Gasteiger charge is -2.04. The number of halogens is 1. The Morgan fingerprint density at radius 1 is 1.69 bits per heavy atom. The molecule has 0 aromatic carbocycles. The van der Waals surface area contributed by atoms with Gasteiger partial charge in [0.25, 0.3) is 0 Å². The van der Waals surface area contributed by atoms with Crippen LogP contribution in [0.3, 0.4) is 0 Å². The second-order valence-electron chi connectivity index (χ2n) is 3.57. The monoisotopic (exact) mass is 186 g/mol. The summed E-state index contributed by atoms with van der Waals surface area (Å²) in [5, 5.41) is 0. The van der Waals surface area contributed by atoms with E-state index >= 15 is 0 Å². The average Bonchev–Trinajstić information content (AvgIpc) is 2.70. The van der Waals surface area contributed by atoms with Gasteiger partial charge in [0, 0.05) is 5.92 Å². The summed E-state index contributed by atoms with van der Waals surface area (Å²) in [7, 11) is 0. The first kappa shape index (κ1) is 8.66. The first-order valence-corrected chi connectivity index (χ1v) is 4.51. The highest BCUT2D eigenvalue weighted by Gasteiger charge is 2.66. The largest absolute Gasteiger partial charge is 0.466 e. The summed E-state index contributed by atoms with van der Waals surface area (Å²) in [6.07, 6.45) is -1.12. The maximum absolute atomic E-state index is 12.7. The van der Waals surface area contributed by atoms with E-state index < -0.39 is 12.0 Å². The van der Waals surface area contributed by atoms with E-state index in [1.807, 2.05) is 0 Å². The number of rotatable bonds is 2. The van der Waals surface area contributed by atoms with Crippen LogP contribution in [0.4, 0.5) is 4.39 Å². The van der Waals surface area contributed by atoms with E-state index in [1.165, 1.54) is 0 Å². The maximum Gasteiger partial charge on any atom is 0.309 e. The van der Waals surface area contributed by atoms with Gasteiger partial charge in [-0.3, -0.25) is 9.59 Å². The molecule has 0 aliphatic heterocycles. The molecule has 0 radical (unpaired) electrons. The Bertz CT molecular complexity index is 264. The molecule has 13 heavy (non-hydrogen) atoms. The lowest BCUT2D eigenvalue weighted by atomic mass is 10.1. The van der Waals surface area contributed by atoms with Gasteiger partial charge >= 0.3 is 5.97 Å². The van der Waals surface area contributed by atoms with Crippen molar-refractivity contribution in [2.45, 2.75) is 19.5 Å². The van der Waals surface area contributed by atoms with Crippen molar-refractivity contribution in [3.8, 4) is 0 Å². The van der Waals surface area contributed by atoms with Gasteiger partial charge in [-0.15, -0.1) is 0 Å². The Balaban J connectivity index is 1.96. The molecule has 4 unspecified atom stereocenters. The second kappa shape index (κ2) is 2.79. The Morgan fingerprint density at radius 2 is 2.38 bits per heavy atom. The van der Waals surface area contributed by atoms with Crippen molar-refractivity contribution in [3.05, 3.63) is 0 Å². The molecule has 0 heterocycles. The highest BCUT2D eigenvalue weighted by molar-refractivity contribution is 5.97. The number of carbonyl (C=O) groups is 2. The van der Waals surface area contributed by atoms with Crippen LogP contribution in [-0.2, 0) is 14.3 Å². The van der Waals surface area contributed by atoms with E-state index in [1.54, 1.807) is 6.92 Å².